The SMILES string of the molecule is CC(C)(C)c1cc(C(NCO)c2ccccc2)ccc1O. The minimum Gasteiger partial charge on any atom is -0.508 e. The van der Waals surface area contributed by atoms with E-state index in [4.69, 9.17) is 0 Å². The number of benzene rings is 2. The maximum Gasteiger partial charge on any atom is 0.119 e. The highest BCUT2D eigenvalue weighted by Crippen LogP contribution is 2.34. The molecule has 0 saturated heterocycles. The highest BCUT2D eigenvalue weighted by molar-refractivity contribution is 5.43. The van der Waals surface area contributed by atoms with Crippen LogP contribution in [0.1, 0.15) is 43.5 Å². The Kier molecular flexibility index (Phi) is 4.66. The van der Waals surface area contributed by atoms with Gasteiger partial charge in [-0.1, -0.05) is 57.2 Å². The third kappa shape index (κ3) is 3.63. The molecule has 0 amide bonds. The van der Waals surface area contributed by atoms with Crippen LogP contribution in [-0.4, -0.2) is 16.9 Å². The van der Waals surface area contributed by atoms with Gasteiger partial charge < -0.3 is 10.2 Å². The van der Waals surface area contributed by atoms with Gasteiger partial charge in [-0.25, -0.2) is 0 Å². The van der Waals surface area contributed by atoms with Crippen molar-refractivity contribution in [1.29, 1.82) is 0 Å². The molecule has 0 aliphatic rings. The predicted molar refractivity (Wildman–Crippen MR) is 85.3 cm³/mol. The Hall–Kier alpha value is -1.84. The van der Waals surface area contributed by atoms with Gasteiger partial charge in [0.2, 0.25) is 0 Å². The molecule has 1 atom stereocenters. The van der Waals surface area contributed by atoms with Crippen molar-refractivity contribution in [3.05, 3.63) is 65.2 Å². The van der Waals surface area contributed by atoms with Crippen LogP contribution in [0.25, 0.3) is 0 Å². The highest BCUT2D eigenvalue weighted by Gasteiger charge is 2.21. The number of aliphatic hydroxyl groups excluding tert-OH is 1. The van der Waals surface area contributed by atoms with E-state index in [1.165, 1.54) is 0 Å². The maximum atomic E-state index is 10.1. The van der Waals surface area contributed by atoms with Crippen molar-refractivity contribution in [3.8, 4) is 5.75 Å². The number of hydrogen-bond acceptors (Lipinski definition) is 3. The molecule has 0 bridgehead atoms. The van der Waals surface area contributed by atoms with E-state index in [1.54, 1.807) is 6.07 Å². The normalized spacial score (nSPS) is 13.1. The molecule has 0 aromatic heterocycles. The zero-order valence-corrected chi connectivity index (χ0v) is 12.8. The van der Waals surface area contributed by atoms with Crippen molar-refractivity contribution in [2.45, 2.75) is 32.2 Å². The lowest BCUT2D eigenvalue weighted by Crippen LogP contribution is -2.24. The van der Waals surface area contributed by atoms with Gasteiger partial charge in [-0.05, 0) is 34.2 Å². The Morgan fingerprint density at radius 3 is 2.24 bits per heavy atom. The quantitative estimate of drug-likeness (QED) is 0.755. The van der Waals surface area contributed by atoms with E-state index in [-0.39, 0.29) is 18.2 Å². The first-order chi connectivity index (χ1) is 9.93. The lowest BCUT2D eigenvalue weighted by Gasteiger charge is -2.24. The molecule has 0 spiro atoms. The summed E-state index contributed by atoms with van der Waals surface area (Å²) >= 11 is 0. The van der Waals surface area contributed by atoms with Crippen LogP contribution in [0.4, 0.5) is 0 Å². The summed E-state index contributed by atoms with van der Waals surface area (Å²) in [5.74, 6) is 0.307. The van der Waals surface area contributed by atoms with Crippen molar-refractivity contribution in [2.75, 3.05) is 6.73 Å². The van der Waals surface area contributed by atoms with Crippen LogP contribution in [0.3, 0.4) is 0 Å². The zero-order valence-electron chi connectivity index (χ0n) is 12.8. The molecule has 0 fully saturated rings. The Bertz CT molecular complexity index is 588. The molecule has 21 heavy (non-hydrogen) atoms. The van der Waals surface area contributed by atoms with Crippen LogP contribution in [0.15, 0.2) is 48.5 Å². The summed E-state index contributed by atoms with van der Waals surface area (Å²) in [5.41, 5.74) is 2.87. The van der Waals surface area contributed by atoms with Gasteiger partial charge in [0.05, 0.1) is 12.8 Å². The van der Waals surface area contributed by atoms with Crippen LogP contribution in [-0.2, 0) is 5.41 Å². The molecule has 0 saturated carbocycles. The third-order valence-electron chi connectivity index (χ3n) is 3.59. The van der Waals surface area contributed by atoms with Gasteiger partial charge >= 0.3 is 0 Å². The average Bonchev–Trinajstić information content (AvgIpc) is 2.45. The van der Waals surface area contributed by atoms with Gasteiger partial charge in [0, 0.05) is 0 Å². The minimum atomic E-state index is -0.138. The van der Waals surface area contributed by atoms with Gasteiger partial charge in [-0.15, -0.1) is 0 Å². The zero-order chi connectivity index (χ0) is 15.5. The third-order valence-corrected chi connectivity index (χ3v) is 3.59. The second-order valence-electron chi connectivity index (χ2n) is 6.23. The molecule has 2 aromatic rings. The molecule has 3 nitrogen and oxygen atoms in total. The topological polar surface area (TPSA) is 52.5 Å². The summed E-state index contributed by atoms with van der Waals surface area (Å²) in [6.07, 6.45) is 0. The van der Waals surface area contributed by atoms with E-state index in [2.05, 4.69) is 26.1 Å². The lowest BCUT2D eigenvalue weighted by molar-refractivity contribution is 0.249. The molecule has 0 radical (unpaired) electrons. The monoisotopic (exact) mass is 285 g/mol. The van der Waals surface area contributed by atoms with Crippen molar-refractivity contribution in [3.63, 3.8) is 0 Å². The molecule has 2 aromatic carbocycles. The first-order valence-electron chi connectivity index (χ1n) is 7.16. The maximum absolute atomic E-state index is 10.1. The number of aromatic hydroxyl groups is 1. The fourth-order valence-corrected chi connectivity index (χ4v) is 2.50. The molecule has 3 heteroatoms. The number of aliphatic hydroxyl groups is 1. The molecular formula is C18H23NO2. The number of nitrogens with one attached hydrogen (secondary N) is 1. The van der Waals surface area contributed by atoms with Crippen LogP contribution < -0.4 is 5.32 Å². The Balaban J connectivity index is 2.47. The number of phenolic OH excluding ortho intramolecular Hbond substituents is 1. The van der Waals surface area contributed by atoms with Gasteiger partial charge in [0.25, 0.3) is 0 Å². The summed E-state index contributed by atoms with van der Waals surface area (Å²) in [5, 5.41) is 22.5. The van der Waals surface area contributed by atoms with Crippen molar-refractivity contribution < 1.29 is 10.2 Å². The first-order valence-corrected chi connectivity index (χ1v) is 7.16. The van der Waals surface area contributed by atoms with Crippen molar-refractivity contribution >= 4 is 0 Å². The van der Waals surface area contributed by atoms with E-state index in [1.807, 2.05) is 42.5 Å². The molecule has 0 heterocycles. The summed E-state index contributed by atoms with van der Waals surface area (Å²) in [6, 6.07) is 15.5. The smallest absolute Gasteiger partial charge is 0.119 e. The van der Waals surface area contributed by atoms with Crippen LogP contribution >= 0.6 is 0 Å². The van der Waals surface area contributed by atoms with Gasteiger partial charge in [-0.2, -0.15) is 0 Å². The van der Waals surface area contributed by atoms with Crippen LogP contribution in [0.2, 0.25) is 0 Å². The molecule has 0 aliphatic heterocycles. The predicted octanol–water partition coefficient (Wildman–Crippen LogP) is 3.32. The van der Waals surface area contributed by atoms with Gasteiger partial charge in [0.1, 0.15) is 5.75 Å². The fourth-order valence-electron chi connectivity index (χ4n) is 2.50. The molecule has 2 rings (SSSR count). The molecule has 0 aliphatic carbocycles. The van der Waals surface area contributed by atoms with Crippen LogP contribution in [0.5, 0.6) is 5.75 Å². The fraction of sp³-hybridized carbons (Fsp3) is 0.333. The van der Waals surface area contributed by atoms with E-state index in [0.717, 1.165) is 16.7 Å². The standard InChI is InChI=1S/C18H23NO2/c1-18(2,3)15-11-14(9-10-16(15)21)17(19-12-20)13-7-5-4-6-8-13/h4-11,17,19-21H,12H2,1-3H3. The van der Waals surface area contributed by atoms with E-state index in [0.29, 0.717) is 5.75 Å². The molecule has 112 valence electrons. The highest BCUT2D eigenvalue weighted by atomic mass is 16.3. The van der Waals surface area contributed by atoms with Gasteiger partial charge in [-0.3, -0.25) is 5.32 Å². The van der Waals surface area contributed by atoms with Crippen molar-refractivity contribution in [2.24, 2.45) is 0 Å². The van der Waals surface area contributed by atoms with E-state index in [9.17, 15) is 10.2 Å². The second kappa shape index (κ2) is 6.29. The van der Waals surface area contributed by atoms with E-state index >= 15 is 0 Å². The number of phenols is 1. The molecule has 3 N–H and O–H groups in total. The van der Waals surface area contributed by atoms with E-state index < -0.39 is 0 Å². The summed E-state index contributed by atoms with van der Waals surface area (Å²) in [4.78, 5) is 0. The number of rotatable bonds is 4. The minimum absolute atomic E-state index is 0.0992. The average molecular weight is 285 g/mol. The Morgan fingerprint density at radius 2 is 1.67 bits per heavy atom. The van der Waals surface area contributed by atoms with Gasteiger partial charge in [0.15, 0.2) is 0 Å². The molecule has 1 unspecified atom stereocenters. The second-order valence-corrected chi connectivity index (χ2v) is 6.23. The summed E-state index contributed by atoms with van der Waals surface area (Å²) in [7, 11) is 0. The summed E-state index contributed by atoms with van der Waals surface area (Å²) < 4.78 is 0. The van der Waals surface area contributed by atoms with Crippen molar-refractivity contribution in [1.82, 2.24) is 5.32 Å². The van der Waals surface area contributed by atoms with Crippen LogP contribution in [0, 0.1) is 0 Å². The summed E-state index contributed by atoms with van der Waals surface area (Å²) in [6.45, 7) is 6.11. The molecular weight excluding hydrogens is 262 g/mol. The Morgan fingerprint density at radius 1 is 1.00 bits per heavy atom. The Labute approximate surface area is 126 Å². The lowest BCUT2D eigenvalue weighted by atomic mass is 9.84. The largest absolute Gasteiger partial charge is 0.508 e. The number of hydrogen-bond donors (Lipinski definition) is 3. The first kappa shape index (κ1) is 15.5.